The zero-order valence-electron chi connectivity index (χ0n) is 18.6. The molecule has 1 heterocycles. The van der Waals surface area contributed by atoms with Gasteiger partial charge < -0.3 is 4.90 Å². The van der Waals surface area contributed by atoms with Gasteiger partial charge in [-0.3, -0.25) is 9.69 Å². The van der Waals surface area contributed by atoms with E-state index in [4.69, 9.17) is 0 Å². The van der Waals surface area contributed by atoms with Gasteiger partial charge in [0, 0.05) is 50.4 Å². The van der Waals surface area contributed by atoms with E-state index in [0.29, 0.717) is 11.8 Å². The first-order valence-corrected chi connectivity index (χ1v) is 11.6. The molecular weight excluding hydrogens is 344 g/mol. The molecule has 3 nitrogen and oxygen atoms in total. The van der Waals surface area contributed by atoms with Crippen molar-refractivity contribution in [1.29, 1.82) is 0 Å². The first kappa shape index (κ1) is 21.4. The lowest BCUT2D eigenvalue weighted by atomic mass is 9.70. The Kier molecular flexibility index (Phi) is 7.20. The molecular formula is C25H40N2O. The van der Waals surface area contributed by atoms with E-state index in [-0.39, 0.29) is 5.78 Å². The Bertz CT molecular complexity index is 653. The summed E-state index contributed by atoms with van der Waals surface area (Å²) in [6.45, 7) is 14.8. The molecule has 0 atom stereocenters. The molecule has 28 heavy (non-hydrogen) atoms. The molecule has 0 unspecified atom stereocenters. The van der Waals surface area contributed by atoms with E-state index in [1.54, 1.807) is 0 Å². The Morgan fingerprint density at radius 2 is 1.75 bits per heavy atom. The quantitative estimate of drug-likeness (QED) is 0.574. The third-order valence-electron chi connectivity index (χ3n) is 7.51. The molecule has 0 spiro atoms. The fourth-order valence-electron chi connectivity index (χ4n) is 5.00. The topological polar surface area (TPSA) is 23.6 Å². The van der Waals surface area contributed by atoms with Crippen LogP contribution < -0.4 is 4.90 Å². The molecule has 0 bridgehead atoms. The maximum atomic E-state index is 12.2. The number of hydrogen-bond donors (Lipinski definition) is 0. The Labute approximate surface area is 172 Å². The Hall–Kier alpha value is -1.35. The standard InChI is InChI=1S/C25H40N2O/c1-5-21-18-22(8-9-23(21)24(28)6-2)27-16-14-26(15-17-27)19-20-10-12-25(4,7-3)13-11-20/h8-9,18,20H,5-7,10-17,19H2,1-4H3. The van der Waals surface area contributed by atoms with Crippen molar-refractivity contribution < 1.29 is 4.79 Å². The van der Waals surface area contributed by atoms with Crippen LogP contribution in [0.2, 0.25) is 0 Å². The zero-order valence-corrected chi connectivity index (χ0v) is 18.6. The van der Waals surface area contributed by atoms with Gasteiger partial charge in [-0.05, 0) is 67.2 Å². The number of anilines is 1. The molecule has 1 aromatic carbocycles. The van der Waals surface area contributed by atoms with Crippen molar-refractivity contribution >= 4 is 11.5 Å². The van der Waals surface area contributed by atoms with E-state index in [9.17, 15) is 4.79 Å². The molecule has 0 radical (unpaired) electrons. The summed E-state index contributed by atoms with van der Waals surface area (Å²) in [6, 6.07) is 6.47. The van der Waals surface area contributed by atoms with Crippen LogP contribution in [0, 0.1) is 11.3 Å². The first-order valence-electron chi connectivity index (χ1n) is 11.6. The van der Waals surface area contributed by atoms with Gasteiger partial charge in [-0.25, -0.2) is 0 Å². The molecule has 1 aliphatic heterocycles. The minimum atomic E-state index is 0.264. The van der Waals surface area contributed by atoms with Gasteiger partial charge in [-0.1, -0.05) is 34.1 Å². The smallest absolute Gasteiger partial charge is 0.162 e. The van der Waals surface area contributed by atoms with Crippen molar-refractivity contribution in [3.05, 3.63) is 29.3 Å². The average Bonchev–Trinajstić information content (AvgIpc) is 2.75. The molecule has 1 aromatic rings. The van der Waals surface area contributed by atoms with Crippen molar-refractivity contribution in [2.24, 2.45) is 11.3 Å². The van der Waals surface area contributed by atoms with Crippen molar-refractivity contribution in [3.8, 4) is 0 Å². The van der Waals surface area contributed by atoms with Crippen LogP contribution >= 0.6 is 0 Å². The summed E-state index contributed by atoms with van der Waals surface area (Å²) in [5, 5.41) is 0. The largest absolute Gasteiger partial charge is 0.369 e. The Morgan fingerprint density at radius 1 is 1.07 bits per heavy atom. The SMILES string of the molecule is CCC(=O)c1ccc(N2CCN(CC3CCC(C)(CC)CC3)CC2)cc1CC. The van der Waals surface area contributed by atoms with Gasteiger partial charge in [0.2, 0.25) is 0 Å². The molecule has 1 saturated heterocycles. The highest BCUT2D eigenvalue weighted by Gasteiger charge is 2.30. The van der Waals surface area contributed by atoms with Crippen LogP contribution in [-0.4, -0.2) is 43.4 Å². The lowest BCUT2D eigenvalue weighted by molar-refractivity contribution is 0.0987. The average molecular weight is 385 g/mol. The lowest BCUT2D eigenvalue weighted by Gasteiger charge is -2.41. The van der Waals surface area contributed by atoms with Crippen LogP contribution in [0.1, 0.15) is 82.1 Å². The number of benzene rings is 1. The number of ketones is 1. The van der Waals surface area contributed by atoms with Crippen molar-refractivity contribution in [2.75, 3.05) is 37.6 Å². The van der Waals surface area contributed by atoms with Crippen LogP contribution in [0.4, 0.5) is 5.69 Å². The molecule has 156 valence electrons. The summed E-state index contributed by atoms with van der Waals surface area (Å²) in [5.41, 5.74) is 4.02. The summed E-state index contributed by atoms with van der Waals surface area (Å²) in [5.74, 6) is 1.16. The first-order chi connectivity index (χ1) is 13.5. The van der Waals surface area contributed by atoms with E-state index in [1.165, 1.54) is 63.0 Å². The van der Waals surface area contributed by atoms with Gasteiger partial charge in [-0.2, -0.15) is 0 Å². The summed E-state index contributed by atoms with van der Waals surface area (Å²) in [6.07, 6.45) is 8.50. The van der Waals surface area contributed by atoms with Crippen LogP contribution in [0.5, 0.6) is 0 Å². The third-order valence-corrected chi connectivity index (χ3v) is 7.51. The molecule has 0 aromatic heterocycles. The zero-order chi connectivity index (χ0) is 20.1. The van der Waals surface area contributed by atoms with Crippen molar-refractivity contribution in [3.63, 3.8) is 0 Å². The van der Waals surface area contributed by atoms with Gasteiger partial charge in [0.05, 0.1) is 0 Å². The third kappa shape index (κ3) is 4.97. The van der Waals surface area contributed by atoms with Crippen LogP contribution in [0.3, 0.4) is 0 Å². The fraction of sp³-hybridized carbons (Fsp3) is 0.720. The van der Waals surface area contributed by atoms with Crippen LogP contribution in [0.25, 0.3) is 0 Å². The molecule has 0 N–H and O–H groups in total. The maximum Gasteiger partial charge on any atom is 0.162 e. The van der Waals surface area contributed by atoms with Gasteiger partial charge in [0.1, 0.15) is 0 Å². The minimum absolute atomic E-state index is 0.264. The number of carbonyl (C=O) groups excluding carboxylic acids is 1. The summed E-state index contributed by atoms with van der Waals surface area (Å²) >= 11 is 0. The molecule has 1 aliphatic carbocycles. The van der Waals surface area contributed by atoms with E-state index >= 15 is 0 Å². The minimum Gasteiger partial charge on any atom is -0.369 e. The number of aryl methyl sites for hydroxylation is 1. The maximum absolute atomic E-state index is 12.2. The number of Topliss-reactive ketones (excluding diaryl/α,β-unsaturated/α-hetero) is 1. The van der Waals surface area contributed by atoms with E-state index in [2.05, 4.69) is 48.8 Å². The highest BCUT2D eigenvalue weighted by Crippen LogP contribution is 2.41. The van der Waals surface area contributed by atoms with Gasteiger partial charge >= 0.3 is 0 Å². The van der Waals surface area contributed by atoms with Crippen LogP contribution in [0.15, 0.2) is 18.2 Å². The summed E-state index contributed by atoms with van der Waals surface area (Å²) in [4.78, 5) is 17.3. The fourth-order valence-corrected chi connectivity index (χ4v) is 5.00. The molecule has 1 saturated carbocycles. The van der Waals surface area contributed by atoms with Gasteiger partial charge in [-0.15, -0.1) is 0 Å². The van der Waals surface area contributed by atoms with Crippen LogP contribution in [-0.2, 0) is 6.42 Å². The number of carbonyl (C=O) groups is 1. The van der Waals surface area contributed by atoms with E-state index < -0.39 is 0 Å². The van der Waals surface area contributed by atoms with E-state index in [1.807, 2.05) is 6.92 Å². The monoisotopic (exact) mass is 384 g/mol. The second-order valence-corrected chi connectivity index (χ2v) is 9.37. The number of nitrogens with zero attached hydrogens (tertiary/aromatic N) is 2. The molecule has 2 aliphatic rings. The number of hydrogen-bond acceptors (Lipinski definition) is 3. The second kappa shape index (κ2) is 9.43. The second-order valence-electron chi connectivity index (χ2n) is 9.37. The van der Waals surface area contributed by atoms with E-state index in [0.717, 1.165) is 31.0 Å². The normalized spacial score (nSPS) is 26.4. The highest BCUT2D eigenvalue weighted by molar-refractivity contribution is 5.97. The lowest BCUT2D eigenvalue weighted by Crippen LogP contribution is -2.48. The van der Waals surface area contributed by atoms with Crippen molar-refractivity contribution in [2.45, 2.75) is 72.6 Å². The summed E-state index contributed by atoms with van der Waals surface area (Å²) in [7, 11) is 0. The molecule has 3 rings (SSSR count). The molecule has 0 amide bonds. The van der Waals surface area contributed by atoms with Gasteiger partial charge in [0.25, 0.3) is 0 Å². The highest BCUT2D eigenvalue weighted by atomic mass is 16.1. The number of rotatable bonds is 7. The Morgan fingerprint density at radius 3 is 2.32 bits per heavy atom. The molecule has 3 heteroatoms. The van der Waals surface area contributed by atoms with Crippen molar-refractivity contribution in [1.82, 2.24) is 4.90 Å². The van der Waals surface area contributed by atoms with Gasteiger partial charge in [0.15, 0.2) is 5.78 Å². The predicted molar refractivity (Wildman–Crippen MR) is 119 cm³/mol. The molecule has 2 fully saturated rings. The predicted octanol–water partition coefficient (Wildman–Crippen LogP) is 5.57. The number of piperazine rings is 1. The Balaban J connectivity index is 1.52. The summed E-state index contributed by atoms with van der Waals surface area (Å²) < 4.78 is 0.